The number of aliphatic hydroxyl groups excluding tert-OH is 1. The molecule has 0 radical (unpaired) electrons. The molecule has 1 aromatic heterocycles. The average Bonchev–Trinajstić information content (AvgIpc) is 2.99. The largest absolute Gasteiger partial charge is 0.388 e. The lowest BCUT2D eigenvalue weighted by Gasteiger charge is -2.23. The Hall–Kier alpha value is -1.65. The highest BCUT2D eigenvalue weighted by Gasteiger charge is 2.20. The second-order valence-corrected chi connectivity index (χ2v) is 5.36. The quantitative estimate of drug-likeness (QED) is 0.931. The van der Waals surface area contributed by atoms with E-state index >= 15 is 0 Å². The number of rotatable bonds is 4. The molecule has 3 rings (SSSR count). The average molecular weight is 272 g/mol. The zero-order chi connectivity index (χ0) is 13.8. The molecular weight excluding hydrogens is 252 g/mol. The first-order valence-corrected chi connectivity index (χ1v) is 7.19. The van der Waals surface area contributed by atoms with Gasteiger partial charge in [0, 0.05) is 25.0 Å². The van der Waals surface area contributed by atoms with Gasteiger partial charge in [0.05, 0.1) is 18.0 Å². The molecule has 2 aromatic rings. The molecule has 106 valence electrons. The summed E-state index contributed by atoms with van der Waals surface area (Å²) < 4.78 is 7.16. The molecule has 1 aromatic carbocycles. The van der Waals surface area contributed by atoms with Crippen molar-refractivity contribution in [1.82, 2.24) is 9.78 Å². The molecule has 4 nitrogen and oxygen atoms in total. The highest BCUT2D eigenvalue weighted by molar-refractivity contribution is 5.31. The Morgan fingerprint density at radius 1 is 1.25 bits per heavy atom. The van der Waals surface area contributed by atoms with Crippen LogP contribution in [0, 0.1) is 5.92 Å². The van der Waals surface area contributed by atoms with E-state index in [1.54, 1.807) is 6.20 Å². The van der Waals surface area contributed by atoms with Gasteiger partial charge in [0.25, 0.3) is 0 Å². The maximum atomic E-state index is 10.3. The number of aliphatic hydroxyl groups is 1. The van der Waals surface area contributed by atoms with Crippen molar-refractivity contribution in [2.75, 3.05) is 13.2 Å². The summed E-state index contributed by atoms with van der Waals surface area (Å²) in [5.74, 6) is 0.554. The topological polar surface area (TPSA) is 47.3 Å². The summed E-state index contributed by atoms with van der Waals surface area (Å²) in [6.07, 6.45) is 6.13. The molecular formula is C16H20N2O2. The molecule has 1 unspecified atom stereocenters. The summed E-state index contributed by atoms with van der Waals surface area (Å²) in [6, 6.07) is 9.95. The molecule has 1 fully saturated rings. The minimum Gasteiger partial charge on any atom is -0.388 e. The van der Waals surface area contributed by atoms with Crippen LogP contribution in [0.1, 0.15) is 30.9 Å². The summed E-state index contributed by atoms with van der Waals surface area (Å²) in [4.78, 5) is 0. The van der Waals surface area contributed by atoms with Gasteiger partial charge in [0.15, 0.2) is 0 Å². The second-order valence-electron chi connectivity index (χ2n) is 5.36. The monoisotopic (exact) mass is 272 g/mol. The maximum Gasteiger partial charge on any atom is 0.0823 e. The van der Waals surface area contributed by atoms with Crippen LogP contribution in [0.15, 0.2) is 42.7 Å². The Morgan fingerprint density at radius 2 is 2.00 bits per heavy atom. The molecule has 1 N–H and O–H groups in total. The molecule has 1 atom stereocenters. The highest BCUT2D eigenvalue weighted by Crippen LogP contribution is 2.27. The van der Waals surface area contributed by atoms with E-state index in [4.69, 9.17) is 4.74 Å². The van der Waals surface area contributed by atoms with Crippen molar-refractivity contribution in [2.45, 2.75) is 25.4 Å². The zero-order valence-electron chi connectivity index (χ0n) is 11.5. The Morgan fingerprint density at radius 3 is 2.75 bits per heavy atom. The van der Waals surface area contributed by atoms with Crippen LogP contribution in [0.25, 0.3) is 5.69 Å². The Balaban J connectivity index is 1.66. The van der Waals surface area contributed by atoms with Gasteiger partial charge in [-0.25, -0.2) is 4.68 Å². The van der Waals surface area contributed by atoms with Crippen LogP contribution in [-0.4, -0.2) is 28.1 Å². The lowest BCUT2D eigenvalue weighted by molar-refractivity contribution is 0.0435. The standard InChI is InChI=1S/C16H20N2O2/c19-16(10-13-6-8-20-9-7-13)14-11-17-18(12-14)15-4-2-1-3-5-15/h1-5,11-13,16,19H,6-10H2. The van der Waals surface area contributed by atoms with Gasteiger partial charge in [0.1, 0.15) is 0 Å². The van der Waals surface area contributed by atoms with E-state index < -0.39 is 6.10 Å². The first-order valence-electron chi connectivity index (χ1n) is 7.19. The molecule has 4 heteroatoms. The van der Waals surface area contributed by atoms with Crippen LogP contribution in [0.3, 0.4) is 0 Å². The summed E-state index contributed by atoms with van der Waals surface area (Å²) in [5, 5.41) is 14.7. The van der Waals surface area contributed by atoms with E-state index in [0.717, 1.165) is 43.7 Å². The van der Waals surface area contributed by atoms with E-state index in [1.165, 1.54) is 0 Å². The zero-order valence-corrected chi connectivity index (χ0v) is 11.5. The number of nitrogens with zero attached hydrogens (tertiary/aromatic N) is 2. The van der Waals surface area contributed by atoms with Crippen molar-refractivity contribution in [3.8, 4) is 5.69 Å². The van der Waals surface area contributed by atoms with E-state index in [9.17, 15) is 5.11 Å². The van der Waals surface area contributed by atoms with Crippen molar-refractivity contribution in [3.63, 3.8) is 0 Å². The summed E-state index contributed by atoms with van der Waals surface area (Å²) in [5.41, 5.74) is 1.90. The minimum atomic E-state index is -0.435. The third-order valence-corrected chi connectivity index (χ3v) is 3.91. The van der Waals surface area contributed by atoms with Gasteiger partial charge in [-0.2, -0.15) is 5.10 Å². The van der Waals surface area contributed by atoms with Crippen LogP contribution in [0.5, 0.6) is 0 Å². The van der Waals surface area contributed by atoms with Crippen molar-refractivity contribution >= 4 is 0 Å². The van der Waals surface area contributed by atoms with Crippen LogP contribution in [0.4, 0.5) is 0 Å². The first kappa shape index (κ1) is 13.3. The summed E-state index contributed by atoms with van der Waals surface area (Å²) >= 11 is 0. The van der Waals surface area contributed by atoms with E-state index in [2.05, 4.69) is 5.10 Å². The highest BCUT2D eigenvalue weighted by atomic mass is 16.5. The van der Waals surface area contributed by atoms with Crippen LogP contribution in [-0.2, 0) is 4.74 Å². The van der Waals surface area contributed by atoms with Crippen molar-refractivity contribution < 1.29 is 9.84 Å². The predicted molar refractivity (Wildman–Crippen MR) is 76.7 cm³/mol. The van der Waals surface area contributed by atoms with E-state index in [0.29, 0.717) is 5.92 Å². The van der Waals surface area contributed by atoms with E-state index in [-0.39, 0.29) is 0 Å². The van der Waals surface area contributed by atoms with Gasteiger partial charge in [-0.3, -0.25) is 0 Å². The van der Waals surface area contributed by atoms with Crippen molar-refractivity contribution in [3.05, 3.63) is 48.3 Å². The molecule has 1 saturated heterocycles. The van der Waals surface area contributed by atoms with Crippen LogP contribution in [0.2, 0.25) is 0 Å². The van der Waals surface area contributed by atoms with Crippen molar-refractivity contribution in [2.24, 2.45) is 5.92 Å². The Kier molecular flexibility index (Phi) is 4.14. The lowest BCUT2D eigenvalue weighted by Crippen LogP contribution is -2.17. The fraction of sp³-hybridized carbons (Fsp3) is 0.438. The molecule has 1 aliphatic heterocycles. The number of hydrogen-bond acceptors (Lipinski definition) is 3. The number of hydrogen-bond donors (Lipinski definition) is 1. The fourth-order valence-corrected chi connectivity index (χ4v) is 2.66. The third-order valence-electron chi connectivity index (χ3n) is 3.91. The minimum absolute atomic E-state index is 0.435. The summed E-state index contributed by atoms with van der Waals surface area (Å²) in [7, 11) is 0. The Bertz CT molecular complexity index is 532. The Labute approximate surface area is 119 Å². The normalized spacial score (nSPS) is 18.1. The lowest BCUT2D eigenvalue weighted by atomic mass is 9.92. The van der Waals surface area contributed by atoms with Gasteiger partial charge in [-0.15, -0.1) is 0 Å². The molecule has 20 heavy (non-hydrogen) atoms. The maximum absolute atomic E-state index is 10.3. The van der Waals surface area contributed by atoms with Gasteiger partial charge >= 0.3 is 0 Å². The van der Waals surface area contributed by atoms with Gasteiger partial charge in [-0.1, -0.05) is 18.2 Å². The number of aromatic nitrogens is 2. The molecule has 0 saturated carbocycles. The van der Waals surface area contributed by atoms with Gasteiger partial charge < -0.3 is 9.84 Å². The molecule has 0 spiro atoms. The molecule has 1 aliphatic rings. The SMILES string of the molecule is OC(CC1CCOCC1)c1cnn(-c2ccccc2)c1. The van der Waals surface area contributed by atoms with Gasteiger partial charge in [0.2, 0.25) is 0 Å². The molecule has 0 aliphatic carbocycles. The van der Waals surface area contributed by atoms with Crippen LogP contribution < -0.4 is 0 Å². The molecule has 0 amide bonds. The fourth-order valence-electron chi connectivity index (χ4n) is 2.66. The molecule has 2 heterocycles. The first-order chi connectivity index (χ1) is 9.83. The van der Waals surface area contributed by atoms with E-state index in [1.807, 2.05) is 41.2 Å². The summed E-state index contributed by atoms with van der Waals surface area (Å²) in [6.45, 7) is 1.64. The number of ether oxygens (including phenoxy) is 1. The van der Waals surface area contributed by atoms with Crippen molar-refractivity contribution in [1.29, 1.82) is 0 Å². The van der Waals surface area contributed by atoms with Crippen LogP contribution >= 0.6 is 0 Å². The third kappa shape index (κ3) is 3.08. The smallest absolute Gasteiger partial charge is 0.0823 e. The second kappa shape index (κ2) is 6.20. The van der Waals surface area contributed by atoms with Gasteiger partial charge in [-0.05, 0) is 37.3 Å². The molecule has 0 bridgehead atoms. The number of benzene rings is 1. The predicted octanol–water partition coefficient (Wildman–Crippen LogP) is 2.72. The number of para-hydroxylation sites is 1.